The first-order valence-corrected chi connectivity index (χ1v) is 11.2. The zero-order valence-corrected chi connectivity index (χ0v) is 19.2. The van der Waals surface area contributed by atoms with Crippen molar-refractivity contribution in [2.45, 2.75) is 31.0 Å². The van der Waals surface area contributed by atoms with Crippen LogP contribution in [0, 0.1) is 0 Å². The van der Waals surface area contributed by atoms with Gasteiger partial charge in [0.05, 0.1) is 40.5 Å². The van der Waals surface area contributed by atoms with Crippen molar-refractivity contribution in [3.63, 3.8) is 0 Å². The summed E-state index contributed by atoms with van der Waals surface area (Å²) in [7, 11) is -2.95. The Kier molecular flexibility index (Phi) is 6.36. The van der Waals surface area contributed by atoms with Crippen LogP contribution in [-0.4, -0.2) is 36.1 Å². The quantitative estimate of drug-likeness (QED) is 0.367. The predicted molar refractivity (Wildman–Crippen MR) is 115 cm³/mol. The van der Waals surface area contributed by atoms with Gasteiger partial charge in [0.25, 0.3) is 10.0 Å². The molecule has 0 unspecified atom stereocenters. The maximum absolute atomic E-state index is 13.5. The summed E-state index contributed by atoms with van der Waals surface area (Å²) in [5, 5.41) is 0.185. The third-order valence-corrected chi connectivity index (χ3v) is 7.29. The van der Waals surface area contributed by atoms with E-state index in [4.69, 9.17) is 44.3 Å². The monoisotopic (exact) mass is 490 g/mol. The zero-order chi connectivity index (χ0) is 22.3. The number of carbonyl (C=O) groups excluding carboxylic acids is 1. The Morgan fingerprint density at radius 2 is 1.87 bits per heavy atom. The van der Waals surface area contributed by atoms with Gasteiger partial charge in [0.1, 0.15) is 10.0 Å². The van der Waals surface area contributed by atoms with Crippen molar-refractivity contribution in [3.05, 3.63) is 57.3 Å². The SMILES string of the molecule is COC(=O)C(C)(C)OCc1cc2nc(Cl)ccc2n1S(=O)(=O)c1cccc(Cl)c1Cl. The first-order chi connectivity index (χ1) is 14.0. The molecule has 0 atom stereocenters. The van der Waals surface area contributed by atoms with Crippen LogP contribution in [0.25, 0.3) is 11.0 Å². The Labute approximate surface area is 188 Å². The molecule has 0 aliphatic rings. The van der Waals surface area contributed by atoms with Gasteiger partial charge in [0.15, 0.2) is 5.60 Å². The van der Waals surface area contributed by atoms with E-state index in [0.717, 1.165) is 3.97 Å². The Hall–Kier alpha value is -1.84. The molecule has 0 saturated carbocycles. The number of fused-ring (bicyclic) bond motifs is 1. The van der Waals surface area contributed by atoms with E-state index in [9.17, 15) is 13.2 Å². The molecule has 0 amide bonds. The van der Waals surface area contributed by atoms with Crippen LogP contribution in [-0.2, 0) is 30.9 Å². The smallest absolute Gasteiger partial charge is 0.337 e. The predicted octanol–water partition coefficient (Wildman–Crippen LogP) is 4.70. The van der Waals surface area contributed by atoms with Crippen molar-refractivity contribution >= 4 is 61.8 Å². The average Bonchev–Trinajstić information content (AvgIpc) is 3.05. The second kappa shape index (κ2) is 8.36. The fraction of sp³-hybridized carbons (Fsp3) is 0.263. The highest BCUT2D eigenvalue weighted by Gasteiger charge is 2.32. The Morgan fingerprint density at radius 1 is 1.17 bits per heavy atom. The largest absolute Gasteiger partial charge is 0.467 e. The Bertz CT molecular complexity index is 1240. The molecule has 30 heavy (non-hydrogen) atoms. The van der Waals surface area contributed by atoms with Gasteiger partial charge in [-0.1, -0.05) is 40.9 Å². The minimum atomic E-state index is -4.19. The van der Waals surface area contributed by atoms with E-state index in [-0.39, 0.29) is 37.9 Å². The molecule has 2 aromatic heterocycles. The lowest BCUT2D eigenvalue weighted by molar-refractivity contribution is -0.166. The van der Waals surface area contributed by atoms with E-state index in [1.165, 1.54) is 57.4 Å². The number of esters is 1. The third kappa shape index (κ3) is 4.15. The van der Waals surface area contributed by atoms with Crippen molar-refractivity contribution in [2.75, 3.05) is 7.11 Å². The first-order valence-electron chi connectivity index (χ1n) is 8.58. The minimum absolute atomic E-state index is 0.0972. The number of nitrogens with zero attached hydrogens (tertiary/aromatic N) is 2. The summed E-state index contributed by atoms with van der Waals surface area (Å²) in [5.41, 5.74) is -0.491. The molecule has 1 aromatic carbocycles. The topological polar surface area (TPSA) is 87.5 Å². The molecule has 11 heteroatoms. The van der Waals surface area contributed by atoms with Gasteiger partial charge in [-0.05, 0) is 44.2 Å². The van der Waals surface area contributed by atoms with Crippen LogP contribution in [0.5, 0.6) is 0 Å². The number of hydrogen-bond acceptors (Lipinski definition) is 6. The van der Waals surface area contributed by atoms with Crippen molar-refractivity contribution in [1.29, 1.82) is 0 Å². The second-order valence-electron chi connectivity index (χ2n) is 6.79. The van der Waals surface area contributed by atoms with Crippen LogP contribution in [0.3, 0.4) is 0 Å². The molecule has 0 spiro atoms. The van der Waals surface area contributed by atoms with E-state index in [1.807, 2.05) is 0 Å². The van der Waals surface area contributed by atoms with Crippen molar-refractivity contribution < 1.29 is 22.7 Å². The Morgan fingerprint density at radius 3 is 2.53 bits per heavy atom. The highest BCUT2D eigenvalue weighted by molar-refractivity contribution is 7.90. The van der Waals surface area contributed by atoms with Gasteiger partial charge in [-0.15, -0.1) is 0 Å². The van der Waals surface area contributed by atoms with E-state index < -0.39 is 21.6 Å². The van der Waals surface area contributed by atoms with Gasteiger partial charge in [0, 0.05) is 0 Å². The summed E-state index contributed by atoms with van der Waals surface area (Å²) >= 11 is 18.2. The molecular formula is C19H17Cl3N2O5S. The van der Waals surface area contributed by atoms with Gasteiger partial charge in [-0.3, -0.25) is 0 Å². The number of pyridine rings is 1. The number of carbonyl (C=O) groups is 1. The second-order valence-corrected chi connectivity index (χ2v) is 9.71. The maximum Gasteiger partial charge on any atom is 0.337 e. The molecule has 0 N–H and O–H groups in total. The van der Waals surface area contributed by atoms with Gasteiger partial charge >= 0.3 is 5.97 Å². The number of ether oxygens (including phenoxy) is 2. The molecule has 160 valence electrons. The molecular weight excluding hydrogens is 475 g/mol. The Balaban J connectivity index is 2.19. The van der Waals surface area contributed by atoms with E-state index >= 15 is 0 Å². The van der Waals surface area contributed by atoms with Crippen molar-refractivity contribution in [1.82, 2.24) is 8.96 Å². The third-order valence-electron chi connectivity index (χ3n) is 4.34. The summed E-state index contributed by atoms with van der Waals surface area (Å²) in [5.74, 6) is -0.605. The van der Waals surface area contributed by atoms with Crippen LogP contribution in [0.4, 0.5) is 0 Å². The molecule has 7 nitrogen and oxygen atoms in total. The van der Waals surface area contributed by atoms with E-state index in [2.05, 4.69) is 4.98 Å². The summed E-state index contributed by atoms with van der Waals surface area (Å²) in [6.45, 7) is 2.81. The summed E-state index contributed by atoms with van der Waals surface area (Å²) in [6, 6.07) is 8.83. The summed E-state index contributed by atoms with van der Waals surface area (Å²) in [6.07, 6.45) is 0. The molecule has 3 rings (SSSR count). The van der Waals surface area contributed by atoms with Crippen LogP contribution in [0.1, 0.15) is 19.5 Å². The van der Waals surface area contributed by atoms with Crippen molar-refractivity contribution in [2.24, 2.45) is 0 Å². The number of rotatable bonds is 6. The molecule has 0 aliphatic heterocycles. The molecule has 0 fully saturated rings. The zero-order valence-electron chi connectivity index (χ0n) is 16.1. The molecule has 0 radical (unpaired) electrons. The normalized spacial score (nSPS) is 12.3. The van der Waals surface area contributed by atoms with Gasteiger partial charge in [0.2, 0.25) is 0 Å². The van der Waals surface area contributed by atoms with Crippen LogP contribution >= 0.6 is 34.8 Å². The maximum atomic E-state index is 13.5. The van der Waals surface area contributed by atoms with Crippen LogP contribution in [0.2, 0.25) is 15.2 Å². The highest BCUT2D eigenvalue weighted by Crippen LogP contribution is 2.33. The average molecular weight is 492 g/mol. The lowest BCUT2D eigenvalue weighted by atomic mass is 10.1. The lowest BCUT2D eigenvalue weighted by Crippen LogP contribution is -2.36. The van der Waals surface area contributed by atoms with Crippen molar-refractivity contribution in [3.8, 4) is 0 Å². The molecule has 0 aliphatic carbocycles. The minimum Gasteiger partial charge on any atom is -0.467 e. The van der Waals surface area contributed by atoms with Gasteiger partial charge in [-0.25, -0.2) is 22.2 Å². The molecule has 2 heterocycles. The lowest BCUT2D eigenvalue weighted by Gasteiger charge is -2.22. The van der Waals surface area contributed by atoms with Gasteiger partial charge in [-0.2, -0.15) is 0 Å². The fourth-order valence-electron chi connectivity index (χ4n) is 2.82. The van der Waals surface area contributed by atoms with E-state index in [0.29, 0.717) is 5.52 Å². The van der Waals surface area contributed by atoms with E-state index in [1.54, 1.807) is 0 Å². The number of benzene rings is 1. The molecule has 0 bridgehead atoms. The van der Waals surface area contributed by atoms with Crippen LogP contribution < -0.4 is 0 Å². The number of methoxy groups -OCH3 is 1. The van der Waals surface area contributed by atoms with Crippen LogP contribution in [0.15, 0.2) is 41.3 Å². The molecule has 3 aromatic rings. The number of aromatic nitrogens is 2. The standard InChI is InChI=1S/C19H17Cl3N2O5S/c1-19(2,18(25)28-3)29-10-11-9-13-14(7-8-16(21)23-13)24(11)30(26,27)15-6-4-5-12(20)17(15)22/h4-9H,10H2,1-3H3. The first kappa shape index (κ1) is 22.8. The summed E-state index contributed by atoms with van der Waals surface area (Å²) < 4.78 is 38.5. The number of hydrogen-bond donors (Lipinski definition) is 0. The van der Waals surface area contributed by atoms with Gasteiger partial charge < -0.3 is 9.47 Å². The highest BCUT2D eigenvalue weighted by atomic mass is 35.5. The fourth-order valence-corrected chi connectivity index (χ4v) is 5.23. The summed E-state index contributed by atoms with van der Waals surface area (Å²) in [4.78, 5) is 15.9. The number of halogens is 3. The molecule has 0 saturated heterocycles.